The summed E-state index contributed by atoms with van der Waals surface area (Å²) in [5, 5.41) is 7.14. The molecule has 2 N–H and O–H groups in total. The van der Waals surface area contributed by atoms with E-state index in [2.05, 4.69) is 15.6 Å². The lowest BCUT2D eigenvalue weighted by atomic mass is 10.2. The van der Waals surface area contributed by atoms with Gasteiger partial charge in [0.1, 0.15) is 0 Å². The molecule has 1 saturated carbocycles. The molecule has 1 heterocycles. The molecule has 1 aromatic carbocycles. The molecule has 1 aromatic heterocycles. The summed E-state index contributed by atoms with van der Waals surface area (Å²) in [6.45, 7) is 0. The molecule has 3 rings (SSSR count). The Labute approximate surface area is 132 Å². The van der Waals surface area contributed by atoms with Crippen LogP contribution in [0.25, 0.3) is 0 Å². The van der Waals surface area contributed by atoms with Gasteiger partial charge in [-0.05, 0) is 37.1 Å². The van der Waals surface area contributed by atoms with Crippen LogP contribution in [-0.4, -0.2) is 16.9 Å². The molecule has 21 heavy (non-hydrogen) atoms. The Balaban J connectivity index is 1.77. The topological polar surface area (TPSA) is 54.0 Å². The maximum atomic E-state index is 12.0. The Hall–Kier alpha value is -1.78. The van der Waals surface area contributed by atoms with Crippen molar-refractivity contribution >= 4 is 40.5 Å². The van der Waals surface area contributed by atoms with Crippen molar-refractivity contribution in [2.75, 3.05) is 5.32 Å². The van der Waals surface area contributed by atoms with Crippen LogP contribution in [0.5, 0.6) is 0 Å². The summed E-state index contributed by atoms with van der Waals surface area (Å²) in [5.74, 6) is -0.101. The second-order valence-corrected chi connectivity index (χ2v) is 5.80. The van der Waals surface area contributed by atoms with E-state index >= 15 is 0 Å². The minimum Gasteiger partial charge on any atom is -0.353 e. The second-order valence-electron chi connectivity index (χ2n) is 4.96. The molecule has 0 radical (unpaired) electrons. The highest BCUT2D eigenvalue weighted by Gasteiger charge is 2.23. The number of anilines is 2. The highest BCUT2D eigenvalue weighted by atomic mass is 35.5. The van der Waals surface area contributed by atoms with Crippen LogP contribution in [0.4, 0.5) is 11.4 Å². The Bertz CT molecular complexity index is 686. The summed E-state index contributed by atoms with van der Waals surface area (Å²) >= 11 is 12.0. The van der Waals surface area contributed by atoms with E-state index in [0.29, 0.717) is 33.0 Å². The molecule has 1 amide bonds. The Morgan fingerprint density at radius 1 is 1.19 bits per heavy atom. The van der Waals surface area contributed by atoms with Gasteiger partial charge >= 0.3 is 0 Å². The summed E-state index contributed by atoms with van der Waals surface area (Å²) in [6.07, 6.45) is 5.29. The molecular formula is C15H13Cl2N3O. The largest absolute Gasteiger partial charge is 0.353 e. The number of halogens is 2. The van der Waals surface area contributed by atoms with Crippen molar-refractivity contribution in [1.29, 1.82) is 0 Å². The van der Waals surface area contributed by atoms with Gasteiger partial charge in [-0.25, -0.2) is 0 Å². The van der Waals surface area contributed by atoms with Gasteiger partial charge in [0.25, 0.3) is 5.91 Å². The first-order chi connectivity index (χ1) is 10.1. The van der Waals surface area contributed by atoms with E-state index in [1.165, 1.54) is 0 Å². The zero-order valence-electron chi connectivity index (χ0n) is 11.1. The van der Waals surface area contributed by atoms with Gasteiger partial charge in [0.05, 0.1) is 28.2 Å². The fourth-order valence-corrected chi connectivity index (χ4v) is 2.33. The quantitative estimate of drug-likeness (QED) is 0.894. The van der Waals surface area contributed by atoms with Crippen molar-refractivity contribution in [1.82, 2.24) is 10.3 Å². The van der Waals surface area contributed by atoms with Gasteiger partial charge in [-0.3, -0.25) is 9.78 Å². The number of aromatic nitrogens is 1. The van der Waals surface area contributed by atoms with Crippen molar-refractivity contribution in [3.05, 3.63) is 52.3 Å². The molecule has 0 atom stereocenters. The third-order valence-corrected chi connectivity index (χ3v) is 3.67. The predicted molar refractivity (Wildman–Crippen MR) is 84.5 cm³/mol. The van der Waals surface area contributed by atoms with Crippen LogP contribution in [0, 0.1) is 0 Å². The van der Waals surface area contributed by atoms with Gasteiger partial charge in [-0.2, -0.15) is 0 Å². The number of pyridine rings is 1. The maximum absolute atomic E-state index is 12.0. The number of carbonyl (C=O) groups excluding carboxylic acids is 1. The Kier molecular flexibility index (Phi) is 3.99. The number of rotatable bonds is 4. The Morgan fingerprint density at radius 2 is 2.00 bits per heavy atom. The summed E-state index contributed by atoms with van der Waals surface area (Å²) in [6, 6.07) is 7.24. The molecule has 6 heteroatoms. The van der Waals surface area contributed by atoms with Gasteiger partial charge in [-0.1, -0.05) is 23.2 Å². The molecule has 4 nitrogen and oxygen atoms in total. The molecule has 1 aliphatic carbocycles. The van der Waals surface area contributed by atoms with Crippen LogP contribution >= 0.6 is 23.2 Å². The number of nitrogens with zero attached hydrogens (tertiary/aromatic N) is 1. The van der Waals surface area contributed by atoms with E-state index in [1.54, 1.807) is 36.7 Å². The number of hydrogen-bond donors (Lipinski definition) is 2. The van der Waals surface area contributed by atoms with Crippen molar-refractivity contribution < 1.29 is 4.79 Å². The predicted octanol–water partition coefficient (Wildman–Crippen LogP) is 4.02. The molecule has 0 unspecified atom stereocenters. The third-order valence-electron chi connectivity index (χ3n) is 3.12. The van der Waals surface area contributed by atoms with Gasteiger partial charge in [0, 0.05) is 17.3 Å². The first-order valence-electron chi connectivity index (χ1n) is 6.60. The average molecular weight is 322 g/mol. The van der Waals surface area contributed by atoms with Crippen molar-refractivity contribution in [3.63, 3.8) is 0 Å². The van der Waals surface area contributed by atoms with Crippen LogP contribution in [0.3, 0.4) is 0 Å². The fraction of sp³-hybridized carbons (Fsp3) is 0.200. The minimum absolute atomic E-state index is 0.101. The van der Waals surface area contributed by atoms with Crippen LogP contribution in [0.1, 0.15) is 23.2 Å². The minimum atomic E-state index is -0.101. The van der Waals surface area contributed by atoms with Gasteiger partial charge < -0.3 is 10.6 Å². The standard InChI is InChI=1S/C15H13Cl2N3O/c16-10-1-4-14(13(17)6-10)19-12-5-9(7-18-8-12)15(21)20-11-2-3-11/h1,4-8,11,19H,2-3H2,(H,20,21). The van der Waals surface area contributed by atoms with Crippen molar-refractivity contribution in [2.45, 2.75) is 18.9 Å². The van der Waals surface area contributed by atoms with Crippen LogP contribution < -0.4 is 10.6 Å². The van der Waals surface area contributed by atoms with E-state index in [4.69, 9.17) is 23.2 Å². The van der Waals surface area contributed by atoms with E-state index in [1.807, 2.05) is 0 Å². The summed E-state index contributed by atoms with van der Waals surface area (Å²) in [7, 11) is 0. The van der Waals surface area contributed by atoms with E-state index < -0.39 is 0 Å². The normalized spacial score (nSPS) is 13.8. The summed E-state index contributed by atoms with van der Waals surface area (Å²) in [5.41, 5.74) is 1.93. The van der Waals surface area contributed by atoms with Crippen LogP contribution in [-0.2, 0) is 0 Å². The van der Waals surface area contributed by atoms with E-state index in [-0.39, 0.29) is 5.91 Å². The molecule has 0 saturated heterocycles. The van der Waals surface area contributed by atoms with Gasteiger partial charge in [0.2, 0.25) is 0 Å². The molecule has 0 bridgehead atoms. The first-order valence-corrected chi connectivity index (χ1v) is 7.35. The maximum Gasteiger partial charge on any atom is 0.253 e. The number of hydrogen-bond acceptors (Lipinski definition) is 3. The smallest absolute Gasteiger partial charge is 0.253 e. The molecule has 1 aliphatic rings. The highest BCUT2D eigenvalue weighted by molar-refractivity contribution is 6.36. The van der Waals surface area contributed by atoms with Crippen molar-refractivity contribution in [3.8, 4) is 0 Å². The SMILES string of the molecule is O=C(NC1CC1)c1cncc(Nc2ccc(Cl)cc2Cl)c1. The lowest BCUT2D eigenvalue weighted by molar-refractivity contribution is 0.0951. The number of carbonyl (C=O) groups is 1. The number of benzene rings is 1. The van der Waals surface area contributed by atoms with E-state index in [0.717, 1.165) is 12.8 Å². The zero-order chi connectivity index (χ0) is 14.8. The van der Waals surface area contributed by atoms with Crippen LogP contribution in [0.15, 0.2) is 36.7 Å². The molecule has 0 aliphatic heterocycles. The molecular weight excluding hydrogens is 309 g/mol. The lowest BCUT2D eigenvalue weighted by Crippen LogP contribution is -2.25. The van der Waals surface area contributed by atoms with Gasteiger partial charge in [0.15, 0.2) is 0 Å². The number of nitrogens with one attached hydrogen (secondary N) is 2. The first kappa shape index (κ1) is 14.2. The Morgan fingerprint density at radius 3 is 2.71 bits per heavy atom. The molecule has 108 valence electrons. The zero-order valence-corrected chi connectivity index (χ0v) is 12.6. The monoisotopic (exact) mass is 321 g/mol. The van der Waals surface area contributed by atoms with Gasteiger partial charge in [-0.15, -0.1) is 0 Å². The molecule has 2 aromatic rings. The average Bonchev–Trinajstić information content (AvgIpc) is 3.26. The molecule has 0 spiro atoms. The van der Waals surface area contributed by atoms with E-state index in [9.17, 15) is 4.79 Å². The fourth-order valence-electron chi connectivity index (χ4n) is 1.88. The summed E-state index contributed by atoms with van der Waals surface area (Å²) < 4.78 is 0. The lowest BCUT2D eigenvalue weighted by Gasteiger charge is -2.10. The molecule has 1 fully saturated rings. The third kappa shape index (κ3) is 3.65. The second kappa shape index (κ2) is 5.92. The number of amides is 1. The van der Waals surface area contributed by atoms with Crippen LogP contribution in [0.2, 0.25) is 10.0 Å². The highest BCUT2D eigenvalue weighted by Crippen LogP contribution is 2.28. The van der Waals surface area contributed by atoms with Crippen molar-refractivity contribution in [2.24, 2.45) is 0 Å². The summed E-state index contributed by atoms with van der Waals surface area (Å²) in [4.78, 5) is 16.1.